The van der Waals surface area contributed by atoms with Gasteiger partial charge < -0.3 is 14.5 Å². The first-order chi connectivity index (χ1) is 15.0. The molecule has 2 aromatic heterocycles. The zero-order valence-corrected chi connectivity index (χ0v) is 18.8. The molecule has 7 heteroatoms. The quantitative estimate of drug-likeness (QED) is 0.667. The second kappa shape index (κ2) is 8.20. The summed E-state index contributed by atoms with van der Waals surface area (Å²) in [5.41, 5.74) is 4.07. The Kier molecular flexibility index (Phi) is 5.40. The van der Waals surface area contributed by atoms with Gasteiger partial charge in [-0.15, -0.1) is 0 Å². The number of anilines is 1. The summed E-state index contributed by atoms with van der Waals surface area (Å²) in [6, 6.07) is 12.4. The number of piperidine rings is 1. The molecule has 4 heterocycles. The van der Waals surface area contributed by atoms with Gasteiger partial charge in [0.15, 0.2) is 0 Å². The van der Waals surface area contributed by atoms with Crippen LogP contribution in [0.3, 0.4) is 0 Å². The van der Waals surface area contributed by atoms with Crippen LogP contribution in [-0.4, -0.2) is 45.0 Å². The molecule has 1 fully saturated rings. The van der Waals surface area contributed by atoms with Gasteiger partial charge in [0, 0.05) is 61.9 Å². The molecule has 1 amide bonds. The molecule has 5 rings (SSSR count). The highest BCUT2D eigenvalue weighted by Crippen LogP contribution is 2.36. The third-order valence-electron chi connectivity index (χ3n) is 6.60. The number of carbonyl (C=O) groups is 1. The molecule has 0 aliphatic carbocycles. The number of aryl methyl sites for hydroxylation is 1. The number of hydrogen-bond donors (Lipinski definition) is 1. The minimum Gasteiger partial charge on any atom is -0.350 e. The predicted octanol–water partition coefficient (Wildman–Crippen LogP) is 3.26. The summed E-state index contributed by atoms with van der Waals surface area (Å²) in [5, 5.41) is 4.10. The zero-order valence-electron chi connectivity index (χ0n) is 18.0. The molecule has 1 saturated heterocycles. The molecule has 0 saturated carbocycles. The Morgan fingerprint density at radius 1 is 1.16 bits per heavy atom. The molecular formula is C24H28N4O2S. The van der Waals surface area contributed by atoms with E-state index in [2.05, 4.69) is 52.3 Å². The average molecular weight is 437 g/mol. The van der Waals surface area contributed by atoms with E-state index in [1.54, 1.807) is 6.07 Å². The number of fused-ring (bicyclic) bond motifs is 5. The molecule has 3 aromatic rings. The molecule has 162 valence electrons. The number of amides is 1. The predicted molar refractivity (Wildman–Crippen MR) is 127 cm³/mol. The lowest BCUT2D eigenvalue weighted by atomic mass is 9.83. The SMILES string of the molecule is CSCC(=O)Nc1ccc2n(c1=O)C[C@H]1C[C@@H]2CN(Cc2cn(C)c3ccccc23)C1. The second-order valence-electron chi connectivity index (χ2n) is 8.84. The zero-order chi connectivity index (χ0) is 21.5. The monoisotopic (exact) mass is 436 g/mol. The largest absolute Gasteiger partial charge is 0.350 e. The van der Waals surface area contributed by atoms with Crippen molar-refractivity contribution >= 4 is 34.3 Å². The van der Waals surface area contributed by atoms with Crippen LogP contribution in [0, 0.1) is 5.92 Å². The van der Waals surface area contributed by atoms with E-state index in [1.807, 2.05) is 16.9 Å². The Labute approximate surface area is 186 Å². The summed E-state index contributed by atoms with van der Waals surface area (Å²) in [5.74, 6) is 1.04. The van der Waals surface area contributed by atoms with Crippen LogP contribution in [0.1, 0.15) is 23.6 Å². The smallest absolute Gasteiger partial charge is 0.274 e. The number of rotatable bonds is 5. The van der Waals surface area contributed by atoms with Crippen molar-refractivity contribution in [1.82, 2.24) is 14.0 Å². The first-order valence-electron chi connectivity index (χ1n) is 10.8. The lowest BCUT2D eigenvalue weighted by Crippen LogP contribution is -2.47. The topological polar surface area (TPSA) is 59.3 Å². The molecule has 31 heavy (non-hydrogen) atoms. The summed E-state index contributed by atoms with van der Waals surface area (Å²) in [7, 11) is 2.11. The standard InChI is InChI=1S/C24H28N4O2S/c1-26-12-18(19-5-3-4-6-22(19)26)14-27-10-16-9-17(13-27)21-8-7-20(24(30)28(21)11-16)25-23(29)15-31-2/h3-8,12,16-17H,9-11,13-15H2,1-2H3,(H,25,29)/t16-,17+/m0/s1. The van der Waals surface area contributed by atoms with Crippen LogP contribution in [0.2, 0.25) is 0 Å². The molecule has 2 aliphatic heterocycles. The Hall–Kier alpha value is -2.51. The van der Waals surface area contributed by atoms with Crippen LogP contribution >= 0.6 is 11.8 Å². The molecule has 6 nitrogen and oxygen atoms in total. The Morgan fingerprint density at radius 2 is 2.00 bits per heavy atom. The number of carbonyl (C=O) groups excluding carboxylic acids is 1. The number of para-hydroxylation sites is 1. The Bertz CT molecular complexity index is 1200. The minimum absolute atomic E-state index is 0.0656. The fourth-order valence-corrected chi connectivity index (χ4v) is 5.71. The van der Waals surface area contributed by atoms with Crippen molar-refractivity contribution in [3.63, 3.8) is 0 Å². The van der Waals surface area contributed by atoms with Crippen LogP contribution in [0.4, 0.5) is 5.69 Å². The van der Waals surface area contributed by atoms with Gasteiger partial charge in [-0.2, -0.15) is 11.8 Å². The highest BCUT2D eigenvalue weighted by molar-refractivity contribution is 7.99. The minimum atomic E-state index is -0.123. The number of nitrogens with zero attached hydrogens (tertiary/aromatic N) is 3. The third-order valence-corrected chi connectivity index (χ3v) is 7.15. The van der Waals surface area contributed by atoms with Crippen molar-refractivity contribution in [2.75, 3.05) is 30.4 Å². The molecule has 0 radical (unpaired) electrons. The van der Waals surface area contributed by atoms with Gasteiger partial charge in [-0.25, -0.2) is 0 Å². The lowest BCUT2D eigenvalue weighted by molar-refractivity contribution is -0.113. The summed E-state index contributed by atoms with van der Waals surface area (Å²) in [6.07, 6.45) is 5.26. The summed E-state index contributed by atoms with van der Waals surface area (Å²) in [6.45, 7) is 3.61. The van der Waals surface area contributed by atoms with Gasteiger partial charge in [-0.05, 0) is 42.4 Å². The highest BCUT2D eigenvalue weighted by Gasteiger charge is 2.35. The molecule has 1 aromatic carbocycles. The van der Waals surface area contributed by atoms with Crippen LogP contribution in [0.25, 0.3) is 10.9 Å². The van der Waals surface area contributed by atoms with Crippen LogP contribution in [-0.2, 0) is 24.9 Å². The fourth-order valence-electron chi connectivity index (χ4n) is 5.38. The first-order valence-corrected chi connectivity index (χ1v) is 12.2. The Balaban J connectivity index is 1.37. The van der Waals surface area contributed by atoms with Crippen LogP contribution < -0.4 is 10.9 Å². The maximum absolute atomic E-state index is 13.0. The van der Waals surface area contributed by atoms with E-state index in [0.29, 0.717) is 23.3 Å². The summed E-state index contributed by atoms with van der Waals surface area (Å²) in [4.78, 5) is 27.5. The molecule has 2 atom stereocenters. The van der Waals surface area contributed by atoms with Gasteiger partial charge >= 0.3 is 0 Å². The van der Waals surface area contributed by atoms with E-state index in [-0.39, 0.29) is 11.5 Å². The number of pyridine rings is 1. The van der Waals surface area contributed by atoms with E-state index < -0.39 is 0 Å². The second-order valence-corrected chi connectivity index (χ2v) is 9.71. The van der Waals surface area contributed by atoms with Crippen molar-refractivity contribution in [2.45, 2.75) is 25.4 Å². The van der Waals surface area contributed by atoms with Crippen molar-refractivity contribution in [2.24, 2.45) is 13.0 Å². The van der Waals surface area contributed by atoms with Crippen LogP contribution in [0.5, 0.6) is 0 Å². The number of thioether (sulfide) groups is 1. The van der Waals surface area contributed by atoms with Gasteiger partial charge in [0.05, 0.1) is 5.75 Å². The Morgan fingerprint density at radius 3 is 2.84 bits per heavy atom. The van der Waals surface area contributed by atoms with E-state index in [0.717, 1.165) is 38.3 Å². The average Bonchev–Trinajstić information content (AvgIpc) is 3.06. The molecule has 2 aliphatic rings. The van der Waals surface area contributed by atoms with Gasteiger partial charge in [-0.1, -0.05) is 18.2 Å². The first kappa shape index (κ1) is 20.4. The molecular weight excluding hydrogens is 408 g/mol. The van der Waals surface area contributed by atoms with E-state index in [9.17, 15) is 9.59 Å². The van der Waals surface area contributed by atoms with E-state index in [4.69, 9.17) is 0 Å². The molecule has 0 spiro atoms. The maximum atomic E-state index is 13.0. The fraction of sp³-hybridized carbons (Fsp3) is 0.417. The number of nitrogens with one attached hydrogen (secondary N) is 1. The van der Waals surface area contributed by atoms with Gasteiger partial charge in [0.2, 0.25) is 5.91 Å². The maximum Gasteiger partial charge on any atom is 0.274 e. The van der Waals surface area contributed by atoms with Gasteiger partial charge in [-0.3, -0.25) is 14.5 Å². The van der Waals surface area contributed by atoms with Crippen molar-refractivity contribution in [1.29, 1.82) is 0 Å². The molecule has 2 bridgehead atoms. The number of likely N-dealkylation sites (tertiary alicyclic amines) is 1. The van der Waals surface area contributed by atoms with Gasteiger partial charge in [0.1, 0.15) is 5.69 Å². The molecule has 1 N–H and O–H groups in total. The number of aromatic nitrogens is 2. The van der Waals surface area contributed by atoms with Crippen molar-refractivity contribution in [3.8, 4) is 0 Å². The highest BCUT2D eigenvalue weighted by atomic mass is 32.2. The van der Waals surface area contributed by atoms with E-state index >= 15 is 0 Å². The summed E-state index contributed by atoms with van der Waals surface area (Å²) < 4.78 is 4.11. The normalized spacial score (nSPS) is 20.6. The van der Waals surface area contributed by atoms with Crippen LogP contribution in [0.15, 0.2) is 47.4 Å². The van der Waals surface area contributed by atoms with Crippen molar-refractivity contribution in [3.05, 3.63) is 64.2 Å². The van der Waals surface area contributed by atoms with E-state index in [1.165, 1.54) is 28.2 Å². The number of hydrogen-bond acceptors (Lipinski definition) is 4. The summed E-state index contributed by atoms with van der Waals surface area (Å²) >= 11 is 1.45. The van der Waals surface area contributed by atoms with Crippen molar-refractivity contribution < 1.29 is 4.79 Å². The third kappa shape index (κ3) is 3.81. The number of benzene rings is 1. The lowest BCUT2D eigenvalue weighted by Gasteiger charge is -2.43. The molecule has 0 unspecified atom stereocenters. The van der Waals surface area contributed by atoms with Gasteiger partial charge in [0.25, 0.3) is 5.56 Å².